The van der Waals surface area contributed by atoms with Crippen molar-refractivity contribution >= 4 is 15.8 Å². The summed E-state index contributed by atoms with van der Waals surface area (Å²) in [5.41, 5.74) is 0. The molecule has 0 amide bonds. The summed E-state index contributed by atoms with van der Waals surface area (Å²) in [5, 5.41) is 0. The maximum Gasteiger partial charge on any atom is 1.00 e. The average Bonchev–Trinajstić information content (AvgIpc) is 1.12. The van der Waals surface area contributed by atoms with Crippen LogP contribution in [0.5, 0.6) is 0 Å². The van der Waals surface area contributed by atoms with Gasteiger partial charge in [0.15, 0.2) is 0 Å². The molecule has 1 atom stereocenters. The van der Waals surface area contributed by atoms with Gasteiger partial charge in [-0.2, -0.15) is 4.20 Å². The van der Waals surface area contributed by atoms with E-state index in [0.717, 1.165) is 0 Å². The van der Waals surface area contributed by atoms with E-state index < -0.39 is 15.8 Å². The summed E-state index contributed by atoms with van der Waals surface area (Å²) in [6, 6.07) is 0. The van der Waals surface area contributed by atoms with Crippen LogP contribution < -0.4 is 56.3 Å². The predicted octanol–water partition coefficient (Wildman–Crippen LogP) is -3.53. The molecule has 6 nitrogen and oxygen atoms in total. The Morgan fingerprint density at radius 2 is 1.09 bits per heavy atom. The first-order valence-corrected chi connectivity index (χ1v) is 4.46. The van der Waals surface area contributed by atoms with Crippen LogP contribution in [-0.2, 0) is 9.13 Å². The standard InChI is InChI=1S/2FH2O3P.K/c2*1-5(2,3)4;/h2*(H2,2,3,4);/q;;+1/p-1. The third-order valence-electron chi connectivity index (χ3n) is 0. The second-order valence-corrected chi connectivity index (χ2v) is 2.77. The molecule has 0 aromatic heterocycles. The fourth-order valence-electron chi connectivity index (χ4n) is 0. The molecule has 11 heteroatoms. The van der Waals surface area contributed by atoms with Crippen molar-refractivity contribution in [3.05, 3.63) is 0 Å². The van der Waals surface area contributed by atoms with Gasteiger partial charge >= 0.3 is 67.2 Å². The van der Waals surface area contributed by atoms with Crippen molar-refractivity contribution < 1.29 is 88.5 Å². The molecule has 0 aliphatic rings. The van der Waals surface area contributed by atoms with Crippen LogP contribution in [0.3, 0.4) is 0 Å². The minimum absolute atomic E-state index is 0. The predicted molar refractivity (Wildman–Crippen MR) is 24.1 cm³/mol. The van der Waals surface area contributed by atoms with E-state index in [9.17, 15) is 8.39 Å². The first-order valence-electron chi connectivity index (χ1n) is 1.49. The summed E-state index contributed by atoms with van der Waals surface area (Å²) >= 11 is 0. The van der Waals surface area contributed by atoms with Crippen molar-refractivity contribution in [2.45, 2.75) is 0 Å². The molecule has 0 saturated carbocycles. The molecule has 0 rings (SSSR count). The molecule has 0 aliphatic heterocycles. The first-order chi connectivity index (χ1) is 4.00. The average molecular weight is 238 g/mol. The van der Waals surface area contributed by atoms with Gasteiger partial charge in [0.1, 0.15) is 0 Å². The van der Waals surface area contributed by atoms with E-state index in [0.29, 0.717) is 0 Å². The van der Waals surface area contributed by atoms with Crippen LogP contribution in [0.25, 0.3) is 0 Å². The van der Waals surface area contributed by atoms with Crippen LogP contribution in [-0.4, -0.2) is 14.7 Å². The summed E-state index contributed by atoms with van der Waals surface area (Å²) in [5.74, 6) is 0. The van der Waals surface area contributed by atoms with E-state index in [4.69, 9.17) is 28.7 Å². The van der Waals surface area contributed by atoms with Crippen LogP contribution in [0.2, 0.25) is 0 Å². The Kier molecular flexibility index (Phi) is 12.2. The number of hydrogen-bond donors (Lipinski definition) is 3. The molecule has 1 unspecified atom stereocenters. The molecule has 11 heavy (non-hydrogen) atoms. The second-order valence-electron chi connectivity index (χ2n) is 0.924. The Bertz CT molecular complexity index is 131. The molecule has 0 radical (unpaired) electrons. The number of rotatable bonds is 0. The Labute approximate surface area is 103 Å². The Morgan fingerprint density at radius 3 is 1.09 bits per heavy atom. The molecule has 64 valence electrons. The van der Waals surface area contributed by atoms with Crippen molar-refractivity contribution in [2.75, 3.05) is 0 Å². The quantitative estimate of drug-likeness (QED) is 0.297. The van der Waals surface area contributed by atoms with E-state index in [2.05, 4.69) is 0 Å². The molecule has 0 bridgehead atoms. The topological polar surface area (TPSA) is 118 Å². The van der Waals surface area contributed by atoms with Gasteiger partial charge in [-0.1, -0.05) is 0 Å². The molecule has 0 spiro atoms. The van der Waals surface area contributed by atoms with Gasteiger partial charge in [-0.25, -0.2) is 4.57 Å². The van der Waals surface area contributed by atoms with Gasteiger partial charge in [0.25, 0.3) is 0 Å². The van der Waals surface area contributed by atoms with E-state index in [1.807, 2.05) is 0 Å². The van der Waals surface area contributed by atoms with Crippen molar-refractivity contribution in [3.63, 3.8) is 0 Å². The summed E-state index contributed by atoms with van der Waals surface area (Å²) < 4.78 is 37.8. The SMILES string of the molecule is O=P(O)(O)F.O=P([O-])(O)F.[K+]. The van der Waals surface area contributed by atoms with Crippen molar-refractivity contribution in [1.29, 1.82) is 0 Å². The van der Waals surface area contributed by atoms with Crippen molar-refractivity contribution in [2.24, 2.45) is 0 Å². The summed E-state index contributed by atoms with van der Waals surface area (Å²) in [6.45, 7) is 0. The van der Waals surface area contributed by atoms with Crippen molar-refractivity contribution in [3.8, 4) is 0 Å². The smallest absolute Gasteiger partial charge is 0.753 e. The molecular weight excluding hydrogens is 235 g/mol. The second kappa shape index (κ2) is 7.22. The van der Waals surface area contributed by atoms with Crippen LogP contribution in [0.1, 0.15) is 0 Å². The van der Waals surface area contributed by atoms with Crippen LogP contribution in [0.4, 0.5) is 8.39 Å². The monoisotopic (exact) mass is 238 g/mol. The minimum Gasteiger partial charge on any atom is -0.753 e. The van der Waals surface area contributed by atoms with Gasteiger partial charge < -0.3 is 9.79 Å². The normalized spacial score (nSPS) is 15.1. The van der Waals surface area contributed by atoms with E-state index in [-0.39, 0.29) is 51.4 Å². The molecule has 0 aromatic carbocycles. The molecular formula is H3F2KO6P2. The summed E-state index contributed by atoms with van der Waals surface area (Å²) in [6.07, 6.45) is 0. The molecule has 0 fully saturated rings. The summed E-state index contributed by atoms with van der Waals surface area (Å²) in [7, 11) is -10.5. The molecule has 0 aliphatic carbocycles. The zero-order chi connectivity index (χ0) is 9.00. The third-order valence-corrected chi connectivity index (χ3v) is 0. The van der Waals surface area contributed by atoms with Gasteiger partial charge in [0, 0.05) is 0 Å². The Morgan fingerprint density at radius 1 is 1.09 bits per heavy atom. The fourth-order valence-corrected chi connectivity index (χ4v) is 0. The third kappa shape index (κ3) is 351. The van der Waals surface area contributed by atoms with Crippen LogP contribution in [0.15, 0.2) is 0 Å². The molecule has 0 heterocycles. The summed E-state index contributed by atoms with van der Waals surface area (Å²) in [4.78, 5) is 29.3. The van der Waals surface area contributed by atoms with Gasteiger partial charge in [-0.05, 0) is 0 Å². The molecule has 0 aromatic rings. The van der Waals surface area contributed by atoms with E-state index >= 15 is 0 Å². The zero-order valence-electron chi connectivity index (χ0n) is 5.22. The Balaban J connectivity index is -0.000000107. The number of hydrogen-bond acceptors (Lipinski definition) is 3. The van der Waals surface area contributed by atoms with Crippen LogP contribution in [0, 0.1) is 0 Å². The van der Waals surface area contributed by atoms with Gasteiger partial charge in [0.05, 0.1) is 0 Å². The van der Waals surface area contributed by atoms with Gasteiger partial charge in [-0.3, -0.25) is 14.4 Å². The largest absolute Gasteiger partial charge is 1.00 e. The van der Waals surface area contributed by atoms with E-state index in [1.165, 1.54) is 0 Å². The van der Waals surface area contributed by atoms with E-state index in [1.54, 1.807) is 0 Å². The van der Waals surface area contributed by atoms with Gasteiger partial charge in [0.2, 0.25) is 0 Å². The molecule has 3 N–H and O–H groups in total. The molecule has 0 saturated heterocycles. The minimum atomic E-state index is -5.39. The Hall–Kier alpha value is 1.80. The number of halogens is 2. The van der Waals surface area contributed by atoms with Crippen LogP contribution >= 0.6 is 15.8 Å². The fraction of sp³-hybridized carbons (Fsp3) is 0. The maximum atomic E-state index is 10.4. The van der Waals surface area contributed by atoms with Gasteiger partial charge in [-0.15, -0.1) is 4.20 Å². The first kappa shape index (κ1) is 18.6. The zero-order valence-corrected chi connectivity index (χ0v) is 10.1. The van der Waals surface area contributed by atoms with Crippen molar-refractivity contribution in [1.82, 2.24) is 0 Å². The maximum absolute atomic E-state index is 10.4.